The molecule has 0 radical (unpaired) electrons. The lowest BCUT2D eigenvalue weighted by Gasteiger charge is -2.35. The molecule has 0 spiro atoms. The van der Waals surface area contributed by atoms with Gasteiger partial charge in [-0.25, -0.2) is 19.4 Å². The highest BCUT2D eigenvalue weighted by Gasteiger charge is 2.52. The van der Waals surface area contributed by atoms with Crippen LogP contribution in [0.4, 0.5) is 17.6 Å². The number of benzene rings is 1. The Balaban J connectivity index is 1.57. The third-order valence-corrected chi connectivity index (χ3v) is 7.36. The number of alkyl halides is 3. The van der Waals surface area contributed by atoms with E-state index in [4.69, 9.17) is 9.47 Å². The monoisotopic (exact) mass is 538 g/mol. The molecule has 1 N–H and O–H groups in total. The molecule has 1 aromatic carbocycles. The van der Waals surface area contributed by atoms with Crippen molar-refractivity contribution < 1.29 is 31.8 Å². The summed E-state index contributed by atoms with van der Waals surface area (Å²) in [6.07, 6.45) is -0.402. The molecule has 2 saturated heterocycles. The number of aryl methyl sites for hydroxylation is 1. The highest BCUT2D eigenvalue weighted by molar-refractivity contribution is 7.14. The van der Waals surface area contributed by atoms with Gasteiger partial charge in [-0.3, -0.25) is 4.79 Å². The Morgan fingerprint density at radius 3 is 2.73 bits per heavy atom. The fourth-order valence-corrected chi connectivity index (χ4v) is 5.02. The summed E-state index contributed by atoms with van der Waals surface area (Å²) in [5.74, 6) is -2.12. The number of fused-ring (bicyclic) bond motifs is 1. The van der Waals surface area contributed by atoms with Gasteiger partial charge in [-0.2, -0.15) is 13.2 Å². The Morgan fingerprint density at radius 2 is 2.16 bits per heavy atom. The molecule has 1 aliphatic carbocycles. The number of thiazole rings is 1. The number of nitrogens with zero attached hydrogens (tertiary/aromatic N) is 3. The van der Waals surface area contributed by atoms with Gasteiger partial charge in [-0.05, 0) is 64.0 Å². The molecule has 198 valence electrons. The van der Waals surface area contributed by atoms with Gasteiger partial charge in [0.05, 0.1) is 17.7 Å². The maximum absolute atomic E-state index is 15.5. The predicted molar refractivity (Wildman–Crippen MR) is 133 cm³/mol. The largest absolute Gasteiger partial charge is 0.491 e. The molecule has 37 heavy (non-hydrogen) atoms. The molecule has 12 heteroatoms. The van der Waals surface area contributed by atoms with Crippen LogP contribution in [-0.2, 0) is 4.74 Å². The Bertz CT molecular complexity index is 1260. The number of hydrogen-bond acceptors (Lipinski definition) is 6. The van der Waals surface area contributed by atoms with E-state index in [0.717, 1.165) is 23.9 Å². The van der Waals surface area contributed by atoms with E-state index in [1.807, 2.05) is 6.92 Å². The van der Waals surface area contributed by atoms with E-state index in [0.29, 0.717) is 28.9 Å². The molecule has 1 atom stereocenters. The zero-order valence-electron chi connectivity index (χ0n) is 20.5. The number of carbonyl (C=O) groups excluding carboxylic acids is 1. The number of hydrogen-bond donors (Lipinski definition) is 1. The van der Waals surface area contributed by atoms with Gasteiger partial charge in [-0.15, -0.1) is 11.3 Å². The number of amidine groups is 1. The highest BCUT2D eigenvalue weighted by atomic mass is 32.1. The highest BCUT2D eigenvalue weighted by Crippen LogP contribution is 2.48. The van der Waals surface area contributed by atoms with Crippen LogP contribution in [0.2, 0.25) is 0 Å². The van der Waals surface area contributed by atoms with Gasteiger partial charge in [-0.1, -0.05) is 0 Å². The molecule has 2 bridgehead atoms. The summed E-state index contributed by atoms with van der Waals surface area (Å²) in [4.78, 5) is 24.4. The summed E-state index contributed by atoms with van der Waals surface area (Å²) < 4.78 is 65.8. The van der Waals surface area contributed by atoms with Crippen molar-refractivity contribution in [3.05, 3.63) is 46.4 Å². The summed E-state index contributed by atoms with van der Waals surface area (Å²) in [5.41, 5.74) is -0.206. The maximum atomic E-state index is 15.5. The van der Waals surface area contributed by atoms with Crippen LogP contribution in [0.25, 0.3) is 10.6 Å². The number of aromatic nitrogens is 1. The summed E-state index contributed by atoms with van der Waals surface area (Å²) in [6, 6.07) is 2.06. The van der Waals surface area contributed by atoms with Crippen molar-refractivity contribution >= 4 is 29.8 Å². The van der Waals surface area contributed by atoms with E-state index >= 15 is 4.39 Å². The van der Waals surface area contributed by atoms with Crippen molar-refractivity contribution in [1.29, 1.82) is 0 Å². The Kier molecular flexibility index (Phi) is 7.52. The molecule has 3 aliphatic rings. The van der Waals surface area contributed by atoms with Crippen LogP contribution in [0.5, 0.6) is 5.75 Å². The molecule has 0 unspecified atom stereocenters. The van der Waals surface area contributed by atoms with Crippen LogP contribution in [0.3, 0.4) is 0 Å². The molecule has 5 rings (SSSR count). The van der Waals surface area contributed by atoms with E-state index in [1.54, 1.807) is 13.1 Å². The second-order valence-electron chi connectivity index (χ2n) is 9.34. The van der Waals surface area contributed by atoms with Gasteiger partial charge in [0.1, 0.15) is 28.8 Å². The molecule has 3 heterocycles. The second-order valence-corrected chi connectivity index (χ2v) is 10.6. The first kappa shape index (κ1) is 26.9. The molecule has 3 fully saturated rings. The number of ether oxygens (including phenoxy) is 2. The zero-order chi connectivity index (χ0) is 27.0. The van der Waals surface area contributed by atoms with Crippen LogP contribution in [0, 0.1) is 18.7 Å². The van der Waals surface area contributed by atoms with Crippen molar-refractivity contribution in [3.8, 4) is 16.3 Å². The van der Waals surface area contributed by atoms with E-state index in [2.05, 4.69) is 27.0 Å². The smallest absolute Gasteiger partial charge is 0.451 e. The van der Waals surface area contributed by atoms with E-state index < -0.39 is 29.8 Å². The molecule has 1 amide bonds. The minimum atomic E-state index is -4.76. The van der Waals surface area contributed by atoms with Crippen LogP contribution in [0.1, 0.15) is 41.9 Å². The van der Waals surface area contributed by atoms with Crippen molar-refractivity contribution in [2.75, 3.05) is 13.2 Å². The van der Waals surface area contributed by atoms with E-state index in [1.165, 1.54) is 30.4 Å². The van der Waals surface area contributed by atoms with Gasteiger partial charge in [0.2, 0.25) is 5.84 Å². The van der Waals surface area contributed by atoms with Crippen LogP contribution in [0.15, 0.2) is 40.1 Å². The van der Waals surface area contributed by atoms with Crippen molar-refractivity contribution in [2.24, 2.45) is 15.9 Å². The Morgan fingerprint density at radius 1 is 1.43 bits per heavy atom. The normalized spacial score (nSPS) is 22.4. The molecule has 2 aliphatic heterocycles. The quantitative estimate of drug-likeness (QED) is 0.273. The number of nitrogens with one attached hydrogen (secondary N) is 1. The lowest BCUT2D eigenvalue weighted by molar-refractivity contribution is -0.0596. The minimum Gasteiger partial charge on any atom is -0.491 e. The Labute approximate surface area is 215 Å². The SMILES string of the molecule is C=NC(=N/C=C(\C)[C@@H](C)NC(=O)c1cc(OCC23CC(CO2)C3)cc(-c2ncc(C)s2)c1F)C(F)(F)F. The number of halogens is 4. The van der Waals surface area contributed by atoms with Gasteiger partial charge in [0.25, 0.3) is 5.91 Å². The maximum Gasteiger partial charge on any atom is 0.451 e. The second kappa shape index (κ2) is 10.3. The third kappa shape index (κ3) is 5.90. The molecule has 1 saturated carbocycles. The third-order valence-electron chi connectivity index (χ3n) is 6.42. The van der Waals surface area contributed by atoms with Gasteiger partial charge >= 0.3 is 6.18 Å². The molecule has 2 aromatic rings. The fraction of sp³-hybridized carbons (Fsp3) is 0.440. The van der Waals surface area contributed by atoms with Crippen LogP contribution >= 0.6 is 11.3 Å². The average molecular weight is 539 g/mol. The van der Waals surface area contributed by atoms with E-state index in [9.17, 15) is 18.0 Å². The summed E-state index contributed by atoms with van der Waals surface area (Å²) in [7, 11) is 0. The molecular formula is C25H26F4N4O3S. The zero-order valence-corrected chi connectivity index (χ0v) is 21.3. The van der Waals surface area contributed by atoms with Crippen molar-refractivity contribution in [3.63, 3.8) is 0 Å². The molecular weight excluding hydrogens is 512 g/mol. The summed E-state index contributed by atoms with van der Waals surface area (Å²) in [6.45, 7) is 8.71. The minimum absolute atomic E-state index is 0.119. The predicted octanol–water partition coefficient (Wildman–Crippen LogP) is 5.50. The van der Waals surface area contributed by atoms with Gasteiger partial charge in [0.15, 0.2) is 0 Å². The van der Waals surface area contributed by atoms with Crippen molar-refractivity contribution in [1.82, 2.24) is 10.3 Å². The number of amides is 1. The first-order valence-corrected chi connectivity index (χ1v) is 12.3. The number of rotatable bonds is 8. The number of aliphatic imine (C=N–C) groups is 2. The average Bonchev–Trinajstić information content (AvgIpc) is 3.53. The topological polar surface area (TPSA) is 85.2 Å². The lowest BCUT2D eigenvalue weighted by Crippen LogP contribution is -2.42. The molecule has 7 nitrogen and oxygen atoms in total. The summed E-state index contributed by atoms with van der Waals surface area (Å²) in [5, 5.41) is 2.99. The first-order valence-electron chi connectivity index (χ1n) is 11.5. The lowest BCUT2D eigenvalue weighted by atomic mass is 9.75. The van der Waals surface area contributed by atoms with Gasteiger partial charge < -0.3 is 14.8 Å². The molecule has 1 aromatic heterocycles. The van der Waals surface area contributed by atoms with Gasteiger partial charge in [0, 0.05) is 23.3 Å². The van der Waals surface area contributed by atoms with E-state index in [-0.39, 0.29) is 23.3 Å². The summed E-state index contributed by atoms with van der Waals surface area (Å²) >= 11 is 1.27. The Hall–Kier alpha value is -3.12. The fourth-order valence-electron chi connectivity index (χ4n) is 4.25. The first-order chi connectivity index (χ1) is 17.4. The number of carbonyl (C=O) groups is 1. The standard InChI is InChI=1S/C25H26F4N4O3S/c1-13(9-32-23(30-4)25(27,28)29)15(3)33-21(34)18-5-17(35-12-24-7-16(8-24)11-36-24)6-19(20(18)26)22-31-10-14(2)37-22/h5-6,9-10,15-16H,4,7-8,11-12H2,1-3H3,(H,33,34)/b13-9+,32-23?/t15-,16?,24?/m1/s1. The van der Waals surface area contributed by atoms with Crippen molar-refractivity contribution in [2.45, 2.75) is 51.4 Å². The van der Waals surface area contributed by atoms with Crippen LogP contribution in [-0.4, -0.2) is 54.5 Å². The van der Waals surface area contributed by atoms with Crippen LogP contribution < -0.4 is 10.1 Å².